The average molecular weight is 492 g/mol. The molecule has 0 aliphatic carbocycles. The fourth-order valence-corrected chi connectivity index (χ4v) is 7.05. The van der Waals surface area contributed by atoms with Gasteiger partial charge in [0.1, 0.15) is 0 Å². The van der Waals surface area contributed by atoms with E-state index in [2.05, 4.69) is 109 Å². The Labute approximate surface area is 197 Å². The minimum atomic E-state index is -2.04. The zero-order valence-corrected chi connectivity index (χ0v) is 21.8. The Bertz CT molecular complexity index is 1580. The van der Waals surface area contributed by atoms with Gasteiger partial charge in [0, 0.05) is 6.07 Å². The molecule has 0 bridgehead atoms. The van der Waals surface area contributed by atoms with Gasteiger partial charge >= 0.3 is 192 Å². The number of para-hydroxylation sites is 1. The van der Waals surface area contributed by atoms with E-state index in [1.165, 1.54) is 9.96 Å². The molecular formula is C29H27GeN2O+. The van der Waals surface area contributed by atoms with Gasteiger partial charge in [0.2, 0.25) is 0 Å². The van der Waals surface area contributed by atoms with Gasteiger partial charge in [-0.1, -0.05) is 0 Å². The maximum absolute atomic E-state index is 9.98. The molecule has 0 atom stereocenters. The van der Waals surface area contributed by atoms with Crippen LogP contribution in [0.3, 0.4) is 0 Å². The summed E-state index contributed by atoms with van der Waals surface area (Å²) in [7, 11) is 2.06. The first-order valence-electron chi connectivity index (χ1n) is 11.2. The summed E-state index contributed by atoms with van der Waals surface area (Å²) in [5.74, 6) is 7.05. The Morgan fingerprint density at radius 3 is 2.36 bits per heavy atom. The third-order valence-electron chi connectivity index (χ3n) is 6.48. The number of rotatable bonds is 3. The molecule has 0 saturated heterocycles. The van der Waals surface area contributed by atoms with Crippen LogP contribution >= 0.6 is 0 Å². The van der Waals surface area contributed by atoms with Crippen molar-refractivity contribution in [1.29, 1.82) is 5.26 Å². The van der Waals surface area contributed by atoms with Gasteiger partial charge in [0.05, 0.1) is 0 Å². The Morgan fingerprint density at radius 2 is 1.64 bits per heavy atom. The first kappa shape index (κ1) is 21.5. The number of nitrogens with zero attached hydrogens (tertiary/aromatic N) is 2. The standard InChI is InChI=1S/C29H27GeN2O/c1-19-12-14-25-24-10-8-9-23(22-15-13-21(30(2,3)4)17-20(22)18-31)28(24)33-29(25)27(19)26-11-6-7-16-32(26)5/h6-17H,1-5H3/q+1. The van der Waals surface area contributed by atoms with Crippen molar-refractivity contribution in [2.75, 3.05) is 0 Å². The first-order chi connectivity index (χ1) is 15.8. The molecule has 0 amide bonds. The van der Waals surface area contributed by atoms with Crippen LogP contribution in [0.4, 0.5) is 0 Å². The van der Waals surface area contributed by atoms with E-state index in [1.807, 2.05) is 6.07 Å². The second-order valence-electron chi connectivity index (χ2n) is 9.74. The second-order valence-corrected chi connectivity index (χ2v) is 20.4. The molecule has 162 valence electrons. The molecular weight excluding hydrogens is 465 g/mol. The molecule has 33 heavy (non-hydrogen) atoms. The van der Waals surface area contributed by atoms with E-state index < -0.39 is 13.3 Å². The number of furan rings is 1. The van der Waals surface area contributed by atoms with E-state index in [1.54, 1.807) is 0 Å². The van der Waals surface area contributed by atoms with Crippen molar-refractivity contribution >= 4 is 39.6 Å². The van der Waals surface area contributed by atoms with Gasteiger partial charge in [-0.05, 0) is 0 Å². The molecule has 0 N–H and O–H groups in total. The van der Waals surface area contributed by atoms with Crippen LogP contribution in [-0.4, -0.2) is 13.3 Å². The van der Waals surface area contributed by atoms with E-state index in [-0.39, 0.29) is 0 Å². The van der Waals surface area contributed by atoms with Crippen LogP contribution in [0.5, 0.6) is 0 Å². The van der Waals surface area contributed by atoms with Gasteiger partial charge in [0.15, 0.2) is 0 Å². The summed E-state index contributed by atoms with van der Waals surface area (Å²) in [6.45, 7) is 2.13. The Balaban J connectivity index is 1.82. The van der Waals surface area contributed by atoms with Gasteiger partial charge in [-0.2, -0.15) is 0 Å². The van der Waals surface area contributed by atoms with E-state index in [4.69, 9.17) is 4.42 Å². The Kier molecular flexibility index (Phi) is 5.14. The molecule has 5 aromatic rings. The van der Waals surface area contributed by atoms with Gasteiger partial charge in [-0.25, -0.2) is 0 Å². The van der Waals surface area contributed by atoms with Gasteiger partial charge < -0.3 is 0 Å². The first-order valence-corrected chi connectivity index (χ1v) is 18.6. The molecule has 0 aliphatic heterocycles. The third kappa shape index (κ3) is 3.55. The zero-order chi connectivity index (χ0) is 23.3. The summed E-state index contributed by atoms with van der Waals surface area (Å²) in [5.41, 5.74) is 7.72. The summed E-state index contributed by atoms with van der Waals surface area (Å²) in [6.07, 6.45) is 2.06. The summed E-state index contributed by atoms with van der Waals surface area (Å²) in [5, 5.41) is 12.1. The molecule has 0 unspecified atom stereocenters. The normalized spacial score (nSPS) is 11.8. The van der Waals surface area contributed by atoms with Crippen LogP contribution in [0, 0.1) is 18.3 Å². The van der Waals surface area contributed by atoms with Crippen LogP contribution in [0.15, 0.2) is 77.3 Å². The molecule has 0 saturated carbocycles. The van der Waals surface area contributed by atoms with Crippen molar-refractivity contribution < 1.29 is 8.98 Å². The van der Waals surface area contributed by atoms with Crippen LogP contribution < -0.4 is 8.96 Å². The minimum absolute atomic E-state index is 0.715. The molecule has 5 rings (SSSR count). The molecule has 0 aliphatic rings. The van der Waals surface area contributed by atoms with Gasteiger partial charge in [-0.15, -0.1) is 0 Å². The van der Waals surface area contributed by atoms with Crippen molar-refractivity contribution in [3.05, 3.63) is 84.1 Å². The fourth-order valence-electron chi connectivity index (χ4n) is 4.61. The number of aryl methyl sites for hydroxylation is 2. The van der Waals surface area contributed by atoms with Crippen molar-refractivity contribution in [3.8, 4) is 28.5 Å². The van der Waals surface area contributed by atoms with E-state index >= 15 is 0 Å². The fraction of sp³-hybridized carbons (Fsp3) is 0.172. The zero-order valence-electron chi connectivity index (χ0n) is 19.7. The van der Waals surface area contributed by atoms with E-state index in [0.717, 1.165) is 44.3 Å². The van der Waals surface area contributed by atoms with E-state index in [9.17, 15) is 5.26 Å². The monoisotopic (exact) mass is 493 g/mol. The molecule has 4 heteroatoms. The molecule has 3 nitrogen and oxygen atoms in total. The quantitative estimate of drug-likeness (QED) is 0.214. The summed E-state index contributed by atoms with van der Waals surface area (Å²) < 4.78 is 10.1. The van der Waals surface area contributed by atoms with Crippen LogP contribution in [-0.2, 0) is 7.05 Å². The maximum atomic E-state index is 9.98. The van der Waals surface area contributed by atoms with E-state index in [0.29, 0.717) is 5.56 Å². The van der Waals surface area contributed by atoms with Gasteiger partial charge in [0.25, 0.3) is 0 Å². The van der Waals surface area contributed by atoms with Crippen molar-refractivity contribution in [2.24, 2.45) is 7.05 Å². The van der Waals surface area contributed by atoms with Crippen molar-refractivity contribution in [3.63, 3.8) is 0 Å². The molecule has 0 spiro atoms. The molecule has 2 aromatic heterocycles. The summed E-state index contributed by atoms with van der Waals surface area (Å²) in [6, 6.07) is 25.6. The Hall–Kier alpha value is -3.36. The number of pyridine rings is 1. The van der Waals surface area contributed by atoms with Gasteiger partial charge in [-0.3, -0.25) is 0 Å². The third-order valence-corrected chi connectivity index (χ3v) is 10.8. The van der Waals surface area contributed by atoms with Crippen molar-refractivity contribution in [1.82, 2.24) is 0 Å². The predicted molar refractivity (Wildman–Crippen MR) is 138 cm³/mol. The Morgan fingerprint density at radius 1 is 0.848 bits per heavy atom. The topological polar surface area (TPSA) is 40.8 Å². The number of aromatic nitrogens is 1. The van der Waals surface area contributed by atoms with Crippen molar-refractivity contribution in [2.45, 2.75) is 24.2 Å². The number of hydrogen-bond acceptors (Lipinski definition) is 2. The molecule has 2 heterocycles. The SMILES string of the molecule is Cc1ccc2c(oc3c(-c4cc[c]([Ge]([CH3])([CH3])[CH3])cc4C#N)cccc32)c1-c1cccc[n+]1C. The number of hydrogen-bond donors (Lipinski definition) is 0. The molecule has 0 radical (unpaired) electrons. The number of benzene rings is 3. The molecule has 3 aromatic carbocycles. The second kappa shape index (κ2) is 7.90. The number of nitriles is 1. The van der Waals surface area contributed by atoms with Crippen LogP contribution in [0.2, 0.25) is 17.3 Å². The summed E-state index contributed by atoms with van der Waals surface area (Å²) in [4.78, 5) is 0. The number of fused-ring (bicyclic) bond motifs is 3. The average Bonchev–Trinajstić information content (AvgIpc) is 3.17. The predicted octanol–water partition coefficient (Wildman–Crippen LogP) is 6.47. The van der Waals surface area contributed by atoms with Crippen LogP contribution in [0.1, 0.15) is 11.1 Å². The van der Waals surface area contributed by atoms with Crippen LogP contribution in [0.25, 0.3) is 44.3 Å². The summed E-state index contributed by atoms with van der Waals surface area (Å²) >= 11 is -2.04. The molecule has 0 fully saturated rings.